The molecule has 2 atom stereocenters. The van der Waals surface area contributed by atoms with Crippen LogP contribution in [0, 0.1) is 0 Å². The number of nitrogens with one attached hydrogen (secondary N) is 1. The summed E-state index contributed by atoms with van der Waals surface area (Å²) in [6.45, 7) is 4.63. The van der Waals surface area contributed by atoms with E-state index in [1.165, 1.54) is 4.90 Å². The third-order valence-electron chi connectivity index (χ3n) is 6.95. The first-order chi connectivity index (χ1) is 19.1. The van der Waals surface area contributed by atoms with Crippen molar-refractivity contribution < 1.29 is 28.9 Å². The second-order valence-corrected chi connectivity index (χ2v) is 9.52. The summed E-state index contributed by atoms with van der Waals surface area (Å²) in [5, 5.41) is 12.9. The lowest BCUT2D eigenvalue weighted by Crippen LogP contribution is -2.41. The van der Waals surface area contributed by atoms with Gasteiger partial charge in [0, 0.05) is 37.4 Å². The summed E-state index contributed by atoms with van der Waals surface area (Å²) in [4.78, 5) is 29.2. The van der Waals surface area contributed by atoms with Crippen LogP contribution in [-0.4, -0.2) is 74.1 Å². The first-order valence-corrected chi connectivity index (χ1v) is 13.2. The quantitative estimate of drug-likeness (QED) is 0.414. The number of benzene rings is 3. The lowest BCUT2D eigenvalue weighted by Gasteiger charge is -2.26. The molecule has 0 bridgehead atoms. The maximum absolute atomic E-state index is 12.8. The second-order valence-electron chi connectivity index (χ2n) is 9.52. The Kier molecular flexibility index (Phi) is 8.72. The molecule has 0 radical (unpaired) electrons. The van der Waals surface area contributed by atoms with Gasteiger partial charge in [0.25, 0.3) is 5.91 Å². The smallest absolute Gasteiger partial charge is 0.415 e. The van der Waals surface area contributed by atoms with E-state index >= 15 is 0 Å². The maximum atomic E-state index is 12.8. The fourth-order valence-electron chi connectivity index (χ4n) is 4.83. The predicted molar refractivity (Wildman–Crippen MR) is 146 cm³/mol. The Bertz CT molecular complexity index is 1230. The highest BCUT2D eigenvalue weighted by Gasteiger charge is 2.43. The highest BCUT2D eigenvalue weighted by Crippen LogP contribution is 2.38. The van der Waals surface area contributed by atoms with Crippen LogP contribution in [0.1, 0.15) is 27.5 Å². The van der Waals surface area contributed by atoms with Gasteiger partial charge in [-0.05, 0) is 47.5 Å². The van der Waals surface area contributed by atoms with Crippen LogP contribution in [0.3, 0.4) is 0 Å². The number of nitrogens with zero attached hydrogens (tertiary/aromatic N) is 2. The van der Waals surface area contributed by atoms with Gasteiger partial charge in [0.2, 0.25) is 0 Å². The molecule has 3 aromatic carbocycles. The first kappa shape index (κ1) is 26.7. The number of rotatable bonds is 10. The van der Waals surface area contributed by atoms with Gasteiger partial charge in [0.05, 0.1) is 19.8 Å². The molecular formula is C30H33N3O6. The van der Waals surface area contributed by atoms with Crippen molar-refractivity contribution in [3.63, 3.8) is 0 Å². The first-order valence-electron chi connectivity index (χ1n) is 13.2. The summed E-state index contributed by atoms with van der Waals surface area (Å²) >= 11 is 0. The molecule has 3 aromatic rings. The van der Waals surface area contributed by atoms with Crippen molar-refractivity contribution in [3.05, 3.63) is 95.6 Å². The minimum Gasteiger partial charge on any atom is -0.489 e. The summed E-state index contributed by atoms with van der Waals surface area (Å²) in [6.07, 6.45) is -1.28. The van der Waals surface area contributed by atoms with Crippen LogP contribution in [-0.2, 0) is 16.1 Å². The lowest BCUT2D eigenvalue weighted by atomic mass is 10.00. The molecule has 9 nitrogen and oxygen atoms in total. The maximum Gasteiger partial charge on any atom is 0.415 e. The molecule has 204 valence electrons. The van der Waals surface area contributed by atoms with E-state index in [9.17, 15) is 14.7 Å². The highest BCUT2D eigenvalue weighted by atomic mass is 16.6. The molecule has 39 heavy (non-hydrogen) atoms. The van der Waals surface area contributed by atoms with Gasteiger partial charge in [-0.25, -0.2) is 4.79 Å². The van der Waals surface area contributed by atoms with Gasteiger partial charge in [-0.15, -0.1) is 0 Å². The van der Waals surface area contributed by atoms with Crippen molar-refractivity contribution in [1.82, 2.24) is 10.2 Å². The van der Waals surface area contributed by atoms with Crippen molar-refractivity contribution in [1.29, 1.82) is 0 Å². The van der Waals surface area contributed by atoms with Gasteiger partial charge >= 0.3 is 6.09 Å². The van der Waals surface area contributed by atoms with E-state index in [4.69, 9.17) is 14.2 Å². The Balaban J connectivity index is 1.23. The molecule has 0 aliphatic carbocycles. The topological polar surface area (TPSA) is 101 Å². The number of carbonyl (C=O) groups is 2. The van der Waals surface area contributed by atoms with Crippen LogP contribution < -0.4 is 15.0 Å². The Morgan fingerprint density at radius 1 is 0.974 bits per heavy atom. The number of amides is 2. The molecule has 0 unspecified atom stereocenters. The average Bonchev–Trinajstić information content (AvgIpc) is 3.33. The number of aliphatic hydroxyl groups excluding tert-OH is 1. The van der Waals surface area contributed by atoms with Crippen molar-refractivity contribution in [2.45, 2.75) is 18.8 Å². The van der Waals surface area contributed by atoms with Crippen LogP contribution in [0.5, 0.6) is 5.75 Å². The standard InChI is InChI=1S/C30H33N3O6/c34-20-27-28(23-8-12-26(13-9-23)38-21-22-4-2-1-3-5-22)33(30(36)39-27)25-10-6-24(7-11-25)29(35)31-14-15-32-16-18-37-19-17-32/h1-13,27-28,34H,14-21H2,(H,31,35)/t27-,28-/m1/s1. The van der Waals surface area contributed by atoms with Crippen LogP contribution in [0.2, 0.25) is 0 Å². The SMILES string of the molecule is O=C(NCCN1CCOCC1)c1ccc(N2C(=O)O[C@H](CO)[C@H]2c2ccc(OCc3ccccc3)cc2)cc1. The zero-order chi connectivity index (χ0) is 27.0. The van der Waals surface area contributed by atoms with E-state index in [2.05, 4.69) is 10.2 Å². The van der Waals surface area contributed by atoms with Gasteiger partial charge in [-0.3, -0.25) is 14.6 Å². The van der Waals surface area contributed by atoms with Gasteiger partial charge in [-0.2, -0.15) is 0 Å². The molecule has 9 heteroatoms. The molecule has 0 spiro atoms. The fourth-order valence-corrected chi connectivity index (χ4v) is 4.83. The van der Waals surface area contributed by atoms with Crippen LogP contribution >= 0.6 is 0 Å². The Labute approximate surface area is 227 Å². The number of morpholine rings is 1. The molecule has 0 saturated carbocycles. The van der Waals surface area contributed by atoms with Gasteiger partial charge in [0.15, 0.2) is 6.10 Å². The minimum absolute atomic E-state index is 0.172. The van der Waals surface area contributed by atoms with Gasteiger partial charge in [0.1, 0.15) is 18.4 Å². The van der Waals surface area contributed by atoms with E-state index in [1.807, 2.05) is 54.6 Å². The van der Waals surface area contributed by atoms with E-state index in [0.29, 0.717) is 30.2 Å². The van der Waals surface area contributed by atoms with E-state index < -0.39 is 18.2 Å². The lowest BCUT2D eigenvalue weighted by molar-refractivity contribution is 0.0383. The Hall–Kier alpha value is -3.92. The van der Waals surface area contributed by atoms with Crippen molar-refractivity contribution in [2.75, 3.05) is 50.9 Å². The molecular weight excluding hydrogens is 498 g/mol. The molecule has 2 aliphatic rings. The summed E-state index contributed by atoms with van der Waals surface area (Å²) < 4.78 is 16.7. The number of hydrogen-bond donors (Lipinski definition) is 2. The molecule has 2 aliphatic heterocycles. The third kappa shape index (κ3) is 6.57. The molecule has 2 N–H and O–H groups in total. The highest BCUT2D eigenvalue weighted by molar-refractivity contribution is 5.96. The molecule has 2 heterocycles. The Morgan fingerprint density at radius 2 is 1.69 bits per heavy atom. The fraction of sp³-hybridized carbons (Fsp3) is 0.333. The second kappa shape index (κ2) is 12.8. The number of aliphatic hydroxyl groups is 1. The van der Waals surface area contributed by atoms with E-state index in [1.54, 1.807) is 24.3 Å². The average molecular weight is 532 g/mol. The molecule has 2 amide bonds. The summed E-state index contributed by atoms with van der Waals surface area (Å²) in [5.74, 6) is 0.526. The predicted octanol–water partition coefficient (Wildman–Crippen LogP) is 3.39. The number of anilines is 1. The minimum atomic E-state index is -0.725. The van der Waals surface area contributed by atoms with Crippen molar-refractivity contribution in [2.24, 2.45) is 0 Å². The molecule has 2 saturated heterocycles. The molecule has 0 aromatic heterocycles. The molecule has 2 fully saturated rings. The van der Waals surface area contributed by atoms with Crippen molar-refractivity contribution in [3.8, 4) is 5.75 Å². The summed E-state index contributed by atoms with van der Waals surface area (Å²) in [6, 6.07) is 23.6. The summed E-state index contributed by atoms with van der Waals surface area (Å²) in [5.41, 5.74) is 2.95. The number of hydrogen-bond acceptors (Lipinski definition) is 7. The molecule has 5 rings (SSSR count). The van der Waals surface area contributed by atoms with Gasteiger partial charge < -0.3 is 24.6 Å². The zero-order valence-electron chi connectivity index (χ0n) is 21.7. The zero-order valence-corrected chi connectivity index (χ0v) is 21.7. The van der Waals surface area contributed by atoms with E-state index in [0.717, 1.165) is 44.0 Å². The summed E-state index contributed by atoms with van der Waals surface area (Å²) in [7, 11) is 0. The number of cyclic esters (lactones) is 1. The Morgan fingerprint density at radius 3 is 2.38 bits per heavy atom. The third-order valence-corrected chi connectivity index (χ3v) is 6.95. The number of ether oxygens (including phenoxy) is 3. The van der Waals surface area contributed by atoms with Crippen LogP contribution in [0.25, 0.3) is 0 Å². The normalized spacial score (nSPS) is 19.5. The van der Waals surface area contributed by atoms with Gasteiger partial charge in [-0.1, -0.05) is 42.5 Å². The largest absolute Gasteiger partial charge is 0.489 e. The van der Waals surface area contributed by atoms with Crippen molar-refractivity contribution >= 4 is 17.7 Å². The van der Waals surface area contributed by atoms with Crippen LogP contribution in [0.15, 0.2) is 78.9 Å². The number of carbonyl (C=O) groups excluding carboxylic acids is 2. The van der Waals surface area contributed by atoms with Crippen LogP contribution in [0.4, 0.5) is 10.5 Å². The monoisotopic (exact) mass is 531 g/mol. The van der Waals surface area contributed by atoms with E-state index in [-0.39, 0.29) is 12.5 Å².